The Balaban J connectivity index is 1.65. The fraction of sp³-hybridized carbons (Fsp3) is 0.263. The van der Waals surface area contributed by atoms with Gasteiger partial charge in [0.05, 0.1) is 5.56 Å². The summed E-state index contributed by atoms with van der Waals surface area (Å²) in [6.07, 6.45) is 6.17. The van der Waals surface area contributed by atoms with Gasteiger partial charge in [0.1, 0.15) is 5.69 Å². The van der Waals surface area contributed by atoms with Crippen molar-refractivity contribution in [1.82, 2.24) is 10.3 Å². The fourth-order valence-electron chi connectivity index (χ4n) is 2.60. The third-order valence-electron chi connectivity index (χ3n) is 3.82. The summed E-state index contributed by atoms with van der Waals surface area (Å²) in [5.74, 6) is 6.02. The lowest BCUT2D eigenvalue weighted by Gasteiger charge is -2.11. The van der Waals surface area contributed by atoms with E-state index in [2.05, 4.69) is 22.1 Å². The van der Waals surface area contributed by atoms with Crippen LogP contribution in [0.5, 0.6) is 0 Å². The van der Waals surface area contributed by atoms with E-state index in [9.17, 15) is 4.79 Å². The number of carbonyl (C=O) groups is 1. The molecule has 1 amide bonds. The number of pyridine rings is 1. The van der Waals surface area contributed by atoms with Crippen molar-refractivity contribution in [3.8, 4) is 11.8 Å². The van der Waals surface area contributed by atoms with Crippen molar-refractivity contribution in [2.75, 3.05) is 0 Å². The van der Waals surface area contributed by atoms with Crippen LogP contribution in [0.2, 0.25) is 0 Å². The van der Waals surface area contributed by atoms with Crippen LogP contribution < -0.4 is 5.32 Å². The number of hydrogen-bond acceptors (Lipinski definition) is 2. The number of benzene rings is 1. The van der Waals surface area contributed by atoms with Gasteiger partial charge in [-0.15, -0.1) is 0 Å². The van der Waals surface area contributed by atoms with Crippen molar-refractivity contribution < 1.29 is 4.79 Å². The van der Waals surface area contributed by atoms with Crippen LogP contribution in [0, 0.1) is 11.8 Å². The molecule has 3 nitrogen and oxygen atoms in total. The zero-order chi connectivity index (χ0) is 15.2. The third-order valence-corrected chi connectivity index (χ3v) is 3.82. The predicted octanol–water partition coefficient (Wildman–Crippen LogP) is 3.15. The summed E-state index contributed by atoms with van der Waals surface area (Å²) in [5.41, 5.74) is 2.21. The molecule has 1 aliphatic rings. The molecule has 0 atom stereocenters. The topological polar surface area (TPSA) is 42.0 Å². The molecule has 0 aliphatic heterocycles. The first-order valence-electron chi connectivity index (χ1n) is 7.65. The van der Waals surface area contributed by atoms with Crippen LogP contribution in [0.3, 0.4) is 0 Å². The molecule has 0 radical (unpaired) electrons. The van der Waals surface area contributed by atoms with Crippen LogP contribution in [0.1, 0.15) is 47.3 Å². The summed E-state index contributed by atoms with van der Waals surface area (Å²) in [6, 6.07) is 13.7. The molecule has 1 aromatic heterocycles. The second-order valence-electron chi connectivity index (χ2n) is 5.50. The van der Waals surface area contributed by atoms with Crippen molar-refractivity contribution in [1.29, 1.82) is 0 Å². The third kappa shape index (κ3) is 3.73. The van der Waals surface area contributed by atoms with Gasteiger partial charge in [-0.2, -0.15) is 0 Å². The molecule has 1 aromatic carbocycles. The van der Waals surface area contributed by atoms with Crippen molar-refractivity contribution in [2.24, 2.45) is 0 Å². The van der Waals surface area contributed by atoms with Crippen LogP contribution in [-0.4, -0.2) is 16.9 Å². The average molecular weight is 290 g/mol. The molecule has 110 valence electrons. The zero-order valence-electron chi connectivity index (χ0n) is 12.4. The Morgan fingerprint density at radius 1 is 1.05 bits per heavy atom. The summed E-state index contributed by atoms with van der Waals surface area (Å²) in [6.45, 7) is 0. The highest BCUT2D eigenvalue weighted by molar-refractivity contribution is 5.94. The highest BCUT2D eigenvalue weighted by Crippen LogP contribution is 2.18. The van der Waals surface area contributed by atoms with Crippen molar-refractivity contribution >= 4 is 5.91 Å². The van der Waals surface area contributed by atoms with Gasteiger partial charge < -0.3 is 5.32 Å². The molecule has 1 heterocycles. The Morgan fingerprint density at radius 2 is 1.82 bits per heavy atom. The SMILES string of the molecule is O=C(NC1CCCC1)c1ccc(C#Cc2ccccc2)nc1. The second-order valence-corrected chi connectivity index (χ2v) is 5.50. The van der Waals surface area contributed by atoms with Crippen LogP contribution in [0.15, 0.2) is 48.7 Å². The lowest BCUT2D eigenvalue weighted by atomic mass is 10.2. The molecule has 3 rings (SSSR count). The first-order valence-corrected chi connectivity index (χ1v) is 7.65. The Kier molecular flexibility index (Phi) is 4.50. The van der Waals surface area contributed by atoms with Gasteiger partial charge in [-0.3, -0.25) is 4.79 Å². The van der Waals surface area contributed by atoms with Gasteiger partial charge in [-0.05, 0) is 43.0 Å². The molecule has 1 N–H and O–H groups in total. The van der Waals surface area contributed by atoms with E-state index < -0.39 is 0 Å². The fourth-order valence-corrected chi connectivity index (χ4v) is 2.60. The standard InChI is InChI=1S/C19H18N2O/c22-19(21-18-8-4-5-9-18)16-11-13-17(20-14-16)12-10-15-6-2-1-3-7-15/h1-3,6-7,11,13-14,18H,4-5,8-9H2,(H,21,22). The minimum absolute atomic E-state index is 0.0398. The number of rotatable bonds is 2. The van der Waals surface area contributed by atoms with Gasteiger partial charge in [-0.25, -0.2) is 4.98 Å². The highest BCUT2D eigenvalue weighted by Gasteiger charge is 2.17. The zero-order valence-corrected chi connectivity index (χ0v) is 12.4. The Labute approximate surface area is 130 Å². The monoisotopic (exact) mass is 290 g/mol. The van der Waals surface area contributed by atoms with Gasteiger partial charge in [0, 0.05) is 17.8 Å². The van der Waals surface area contributed by atoms with Crippen molar-refractivity contribution in [2.45, 2.75) is 31.7 Å². The van der Waals surface area contributed by atoms with E-state index >= 15 is 0 Å². The van der Waals surface area contributed by atoms with E-state index in [0.717, 1.165) is 18.4 Å². The largest absolute Gasteiger partial charge is 0.349 e. The van der Waals surface area contributed by atoms with E-state index in [-0.39, 0.29) is 5.91 Å². The van der Waals surface area contributed by atoms with Gasteiger partial charge in [0.15, 0.2) is 0 Å². The molecule has 0 spiro atoms. The molecule has 0 unspecified atom stereocenters. The van der Waals surface area contributed by atoms with Gasteiger partial charge >= 0.3 is 0 Å². The summed E-state index contributed by atoms with van der Waals surface area (Å²) in [5, 5.41) is 3.06. The van der Waals surface area contributed by atoms with E-state index in [1.165, 1.54) is 12.8 Å². The molecule has 1 aliphatic carbocycles. The maximum atomic E-state index is 12.1. The normalized spacial score (nSPS) is 14.2. The van der Waals surface area contributed by atoms with Crippen LogP contribution >= 0.6 is 0 Å². The molecule has 1 saturated carbocycles. The van der Waals surface area contributed by atoms with Gasteiger partial charge in [-0.1, -0.05) is 37.0 Å². The average Bonchev–Trinajstić information content (AvgIpc) is 3.07. The van der Waals surface area contributed by atoms with Crippen molar-refractivity contribution in [3.63, 3.8) is 0 Å². The summed E-state index contributed by atoms with van der Waals surface area (Å²) >= 11 is 0. The summed E-state index contributed by atoms with van der Waals surface area (Å²) < 4.78 is 0. The molecule has 2 aromatic rings. The molecule has 3 heteroatoms. The minimum atomic E-state index is -0.0398. The number of amides is 1. The van der Waals surface area contributed by atoms with E-state index in [1.807, 2.05) is 30.3 Å². The minimum Gasteiger partial charge on any atom is -0.349 e. The predicted molar refractivity (Wildman–Crippen MR) is 86.4 cm³/mol. The lowest BCUT2D eigenvalue weighted by molar-refractivity contribution is 0.0937. The molecule has 0 saturated heterocycles. The van der Waals surface area contributed by atoms with Gasteiger partial charge in [0.25, 0.3) is 5.91 Å². The maximum absolute atomic E-state index is 12.1. The van der Waals surface area contributed by atoms with E-state index in [4.69, 9.17) is 0 Å². The molecule has 0 bridgehead atoms. The first-order chi connectivity index (χ1) is 10.8. The number of hydrogen-bond donors (Lipinski definition) is 1. The van der Waals surface area contributed by atoms with E-state index in [0.29, 0.717) is 17.3 Å². The smallest absolute Gasteiger partial charge is 0.253 e. The van der Waals surface area contributed by atoms with Crippen molar-refractivity contribution in [3.05, 3.63) is 65.5 Å². The Bertz CT molecular complexity index is 690. The van der Waals surface area contributed by atoms with E-state index in [1.54, 1.807) is 18.3 Å². The second kappa shape index (κ2) is 6.91. The number of aromatic nitrogens is 1. The highest BCUT2D eigenvalue weighted by atomic mass is 16.1. The number of carbonyl (C=O) groups excluding carboxylic acids is 1. The Morgan fingerprint density at radius 3 is 2.50 bits per heavy atom. The molecule has 1 fully saturated rings. The number of nitrogens with zero attached hydrogens (tertiary/aromatic N) is 1. The summed E-state index contributed by atoms with van der Waals surface area (Å²) in [7, 11) is 0. The lowest BCUT2D eigenvalue weighted by Crippen LogP contribution is -2.32. The quantitative estimate of drug-likeness (QED) is 0.863. The molecule has 22 heavy (non-hydrogen) atoms. The number of nitrogens with one attached hydrogen (secondary N) is 1. The molecular weight excluding hydrogens is 272 g/mol. The van der Waals surface area contributed by atoms with Gasteiger partial charge in [0.2, 0.25) is 0 Å². The van der Waals surface area contributed by atoms with Crippen LogP contribution in [-0.2, 0) is 0 Å². The van der Waals surface area contributed by atoms with Crippen LogP contribution in [0.25, 0.3) is 0 Å². The first kappa shape index (κ1) is 14.3. The Hall–Kier alpha value is -2.60. The summed E-state index contributed by atoms with van der Waals surface area (Å²) in [4.78, 5) is 16.4. The molecular formula is C19H18N2O. The maximum Gasteiger partial charge on any atom is 0.253 e. The van der Waals surface area contributed by atoms with Crippen LogP contribution in [0.4, 0.5) is 0 Å².